The first-order valence-electron chi connectivity index (χ1n) is 8.51. The summed E-state index contributed by atoms with van der Waals surface area (Å²) in [5.74, 6) is 0.0296. The molecule has 0 aromatic carbocycles. The van der Waals surface area contributed by atoms with Crippen molar-refractivity contribution in [3.05, 3.63) is 12.2 Å². The van der Waals surface area contributed by atoms with E-state index in [2.05, 4.69) is 34.3 Å². The van der Waals surface area contributed by atoms with Gasteiger partial charge in [-0.25, -0.2) is 4.79 Å². The predicted octanol–water partition coefficient (Wildman–Crippen LogP) is 4.28. The van der Waals surface area contributed by atoms with Gasteiger partial charge >= 0.3 is 11.9 Å². The third-order valence-corrected chi connectivity index (χ3v) is 4.51. The van der Waals surface area contributed by atoms with Gasteiger partial charge in [0.2, 0.25) is 0 Å². The van der Waals surface area contributed by atoms with Gasteiger partial charge in [-0.1, -0.05) is 34.3 Å². The van der Waals surface area contributed by atoms with E-state index in [0.717, 1.165) is 12.8 Å². The molecule has 0 N–H and O–H groups in total. The first kappa shape index (κ1) is 19.7. The van der Waals surface area contributed by atoms with Crippen molar-refractivity contribution in [2.75, 3.05) is 13.2 Å². The average molecular weight is 324 g/mol. The fourth-order valence-corrected chi connectivity index (χ4v) is 4.24. The van der Waals surface area contributed by atoms with Gasteiger partial charge in [-0.05, 0) is 49.4 Å². The lowest BCUT2D eigenvalue weighted by Crippen LogP contribution is -2.35. The predicted molar refractivity (Wildman–Crippen MR) is 90.9 cm³/mol. The van der Waals surface area contributed by atoms with E-state index in [0.29, 0.717) is 23.3 Å². The van der Waals surface area contributed by atoms with Gasteiger partial charge in [0.25, 0.3) is 0 Å². The molecule has 0 bridgehead atoms. The van der Waals surface area contributed by atoms with Gasteiger partial charge in [0, 0.05) is 12.0 Å². The number of ether oxygens (including phenoxy) is 2. The second-order valence-corrected chi connectivity index (χ2v) is 8.30. The molecule has 23 heavy (non-hydrogen) atoms. The van der Waals surface area contributed by atoms with Gasteiger partial charge in [-0.2, -0.15) is 0 Å². The van der Waals surface area contributed by atoms with Crippen molar-refractivity contribution >= 4 is 11.9 Å². The Morgan fingerprint density at radius 3 is 2.30 bits per heavy atom. The lowest BCUT2D eigenvalue weighted by atomic mass is 9.60. The number of hydrogen-bond donors (Lipinski definition) is 0. The second-order valence-electron chi connectivity index (χ2n) is 8.30. The Bertz CT molecular complexity index is 452. The second kappa shape index (κ2) is 7.98. The molecule has 0 amide bonds. The van der Waals surface area contributed by atoms with Crippen LogP contribution >= 0.6 is 0 Å². The van der Waals surface area contributed by atoms with Crippen LogP contribution < -0.4 is 0 Å². The molecule has 132 valence electrons. The summed E-state index contributed by atoms with van der Waals surface area (Å²) in [7, 11) is 0. The van der Waals surface area contributed by atoms with Gasteiger partial charge in [0.05, 0.1) is 0 Å². The summed E-state index contributed by atoms with van der Waals surface area (Å²) in [6.07, 6.45) is 4.84. The van der Waals surface area contributed by atoms with Crippen LogP contribution in [-0.2, 0) is 19.1 Å². The van der Waals surface area contributed by atoms with E-state index in [9.17, 15) is 9.59 Å². The molecule has 4 heteroatoms. The van der Waals surface area contributed by atoms with E-state index in [1.165, 1.54) is 12.8 Å². The monoisotopic (exact) mass is 324 g/mol. The molecule has 0 saturated heterocycles. The summed E-state index contributed by atoms with van der Waals surface area (Å²) in [4.78, 5) is 23.1. The SMILES string of the molecule is C=C(C)C(=O)OCCOC(=O)CCC1(C)CC(C)CC(C)(C)C1. The highest BCUT2D eigenvalue weighted by atomic mass is 16.6. The summed E-state index contributed by atoms with van der Waals surface area (Å²) in [6.45, 7) is 14.5. The standard InChI is InChI=1S/C19H32O4/c1-14(2)17(21)23-10-9-22-16(20)7-8-19(6)12-15(3)11-18(4,5)13-19/h15H,1,7-13H2,2-6H3. The summed E-state index contributed by atoms with van der Waals surface area (Å²) in [6, 6.07) is 0. The van der Waals surface area contributed by atoms with Crippen LogP contribution in [0.25, 0.3) is 0 Å². The van der Waals surface area contributed by atoms with Crippen molar-refractivity contribution in [2.45, 2.75) is 66.7 Å². The van der Waals surface area contributed by atoms with Crippen molar-refractivity contribution in [3.8, 4) is 0 Å². The molecule has 1 rings (SSSR count). The number of rotatable bonds is 7. The first-order valence-corrected chi connectivity index (χ1v) is 8.51. The zero-order valence-corrected chi connectivity index (χ0v) is 15.4. The normalized spacial score (nSPS) is 26.4. The number of esters is 2. The van der Waals surface area contributed by atoms with Crippen molar-refractivity contribution in [3.63, 3.8) is 0 Å². The molecule has 0 heterocycles. The molecule has 1 aliphatic rings. The quantitative estimate of drug-likeness (QED) is 0.398. The third kappa shape index (κ3) is 7.19. The molecule has 1 fully saturated rings. The minimum absolute atomic E-state index is 0.0821. The van der Waals surface area contributed by atoms with Gasteiger partial charge in [-0.15, -0.1) is 0 Å². The van der Waals surface area contributed by atoms with Crippen LogP contribution in [0.1, 0.15) is 66.7 Å². The van der Waals surface area contributed by atoms with Crippen LogP contribution in [0.4, 0.5) is 0 Å². The highest BCUT2D eigenvalue weighted by molar-refractivity contribution is 5.86. The molecule has 0 radical (unpaired) electrons. The van der Waals surface area contributed by atoms with E-state index in [1.54, 1.807) is 6.92 Å². The highest BCUT2D eigenvalue weighted by Gasteiger charge is 2.39. The Balaban J connectivity index is 2.30. The van der Waals surface area contributed by atoms with Crippen LogP contribution in [0, 0.1) is 16.7 Å². The highest BCUT2D eigenvalue weighted by Crippen LogP contribution is 2.50. The Kier molecular flexibility index (Phi) is 6.84. The van der Waals surface area contributed by atoms with Crippen molar-refractivity contribution in [1.29, 1.82) is 0 Å². The molecule has 0 aromatic heterocycles. The fraction of sp³-hybridized carbons (Fsp3) is 0.789. The first-order chi connectivity index (χ1) is 10.5. The summed E-state index contributed by atoms with van der Waals surface area (Å²) in [5.41, 5.74) is 0.887. The third-order valence-electron chi connectivity index (χ3n) is 4.51. The fourth-order valence-electron chi connectivity index (χ4n) is 4.24. The van der Waals surface area contributed by atoms with Crippen LogP contribution in [0.2, 0.25) is 0 Å². The van der Waals surface area contributed by atoms with Gasteiger partial charge in [0.15, 0.2) is 0 Å². The van der Waals surface area contributed by atoms with Crippen molar-refractivity contribution in [1.82, 2.24) is 0 Å². The minimum atomic E-state index is -0.452. The van der Waals surface area contributed by atoms with E-state index in [1.807, 2.05) is 0 Å². The van der Waals surface area contributed by atoms with E-state index in [4.69, 9.17) is 9.47 Å². The van der Waals surface area contributed by atoms with Crippen molar-refractivity contribution < 1.29 is 19.1 Å². The molecule has 0 aliphatic heterocycles. The molecule has 1 saturated carbocycles. The van der Waals surface area contributed by atoms with Gasteiger partial charge in [-0.3, -0.25) is 4.79 Å². The largest absolute Gasteiger partial charge is 0.462 e. The maximum atomic E-state index is 11.9. The molecule has 0 aromatic rings. The van der Waals surface area contributed by atoms with E-state index in [-0.39, 0.29) is 24.6 Å². The van der Waals surface area contributed by atoms with E-state index >= 15 is 0 Å². The lowest BCUT2D eigenvalue weighted by Gasteiger charge is -2.46. The Hall–Kier alpha value is -1.32. The molecule has 1 aliphatic carbocycles. The maximum absolute atomic E-state index is 11.9. The van der Waals surface area contributed by atoms with Gasteiger partial charge in [0.1, 0.15) is 13.2 Å². The van der Waals surface area contributed by atoms with Crippen LogP contribution in [0.5, 0.6) is 0 Å². The molecular formula is C19H32O4. The zero-order valence-electron chi connectivity index (χ0n) is 15.4. The topological polar surface area (TPSA) is 52.6 Å². The Labute approximate surface area is 140 Å². The summed E-state index contributed by atoms with van der Waals surface area (Å²) in [5, 5.41) is 0. The molecule has 2 unspecified atom stereocenters. The summed E-state index contributed by atoms with van der Waals surface area (Å²) < 4.78 is 10.0. The molecule has 0 spiro atoms. The smallest absolute Gasteiger partial charge is 0.333 e. The van der Waals surface area contributed by atoms with Crippen LogP contribution in [-0.4, -0.2) is 25.2 Å². The van der Waals surface area contributed by atoms with Crippen LogP contribution in [0.3, 0.4) is 0 Å². The van der Waals surface area contributed by atoms with E-state index < -0.39 is 5.97 Å². The van der Waals surface area contributed by atoms with Crippen molar-refractivity contribution in [2.24, 2.45) is 16.7 Å². The maximum Gasteiger partial charge on any atom is 0.333 e. The van der Waals surface area contributed by atoms with Crippen LogP contribution in [0.15, 0.2) is 12.2 Å². The molecular weight excluding hydrogens is 292 g/mol. The number of carbonyl (C=O) groups excluding carboxylic acids is 2. The Morgan fingerprint density at radius 2 is 1.74 bits per heavy atom. The average Bonchev–Trinajstić information content (AvgIpc) is 2.38. The zero-order chi connectivity index (χ0) is 17.7. The van der Waals surface area contributed by atoms with Gasteiger partial charge < -0.3 is 9.47 Å². The lowest BCUT2D eigenvalue weighted by molar-refractivity contribution is -0.150. The number of carbonyl (C=O) groups is 2. The molecule has 4 nitrogen and oxygen atoms in total. The Morgan fingerprint density at radius 1 is 1.13 bits per heavy atom. The number of hydrogen-bond acceptors (Lipinski definition) is 4. The minimum Gasteiger partial charge on any atom is -0.462 e. The summed E-state index contributed by atoms with van der Waals surface area (Å²) >= 11 is 0. The molecule has 2 atom stereocenters.